The lowest BCUT2D eigenvalue weighted by Gasteiger charge is -2.18. The summed E-state index contributed by atoms with van der Waals surface area (Å²) in [6.07, 6.45) is 45.0. The van der Waals surface area contributed by atoms with E-state index in [-0.39, 0.29) is 31.1 Å². The lowest BCUT2D eigenvalue weighted by Crippen LogP contribution is -2.30. The van der Waals surface area contributed by atoms with Crippen molar-refractivity contribution < 1.29 is 28.6 Å². The predicted octanol–water partition coefficient (Wildman–Crippen LogP) is 16.5. The first-order chi connectivity index (χ1) is 28.3. The van der Waals surface area contributed by atoms with Gasteiger partial charge in [0, 0.05) is 19.3 Å². The fourth-order valence-corrected chi connectivity index (χ4v) is 7.75. The maximum atomic E-state index is 12.8. The van der Waals surface area contributed by atoms with E-state index in [1.54, 1.807) is 0 Å². The highest BCUT2D eigenvalue weighted by molar-refractivity contribution is 5.71. The first kappa shape index (κ1) is 56.4. The van der Waals surface area contributed by atoms with Gasteiger partial charge in [0.25, 0.3) is 0 Å². The molecule has 3 atom stereocenters. The molecule has 6 nitrogen and oxygen atoms in total. The Morgan fingerprint density at radius 2 is 0.603 bits per heavy atom. The van der Waals surface area contributed by atoms with Crippen LogP contribution < -0.4 is 0 Å². The first-order valence-corrected chi connectivity index (χ1v) is 25.8. The van der Waals surface area contributed by atoms with E-state index >= 15 is 0 Å². The van der Waals surface area contributed by atoms with Gasteiger partial charge in [-0.3, -0.25) is 14.4 Å². The zero-order valence-corrected chi connectivity index (χ0v) is 39.7. The van der Waals surface area contributed by atoms with Crippen molar-refractivity contribution in [1.29, 1.82) is 0 Å². The summed E-state index contributed by atoms with van der Waals surface area (Å²) >= 11 is 0. The van der Waals surface area contributed by atoms with Crippen molar-refractivity contribution >= 4 is 17.9 Å². The molecule has 0 aromatic rings. The zero-order valence-electron chi connectivity index (χ0n) is 39.7. The van der Waals surface area contributed by atoms with Crippen LogP contribution in [0, 0.1) is 11.8 Å². The first-order valence-electron chi connectivity index (χ1n) is 25.8. The van der Waals surface area contributed by atoms with Crippen LogP contribution in [0.25, 0.3) is 0 Å². The molecular formula is C52H100O6. The Morgan fingerprint density at radius 3 is 0.897 bits per heavy atom. The van der Waals surface area contributed by atoms with E-state index in [0.717, 1.165) is 69.6 Å². The molecule has 0 rings (SSSR count). The van der Waals surface area contributed by atoms with Gasteiger partial charge >= 0.3 is 17.9 Å². The van der Waals surface area contributed by atoms with Gasteiger partial charge in [-0.05, 0) is 31.1 Å². The minimum Gasteiger partial charge on any atom is -0.462 e. The second-order valence-electron chi connectivity index (χ2n) is 18.3. The molecule has 0 N–H and O–H groups in total. The Balaban J connectivity index is 4.34. The number of carbonyl (C=O) groups excluding carboxylic acids is 3. The van der Waals surface area contributed by atoms with Gasteiger partial charge < -0.3 is 14.2 Å². The van der Waals surface area contributed by atoms with Gasteiger partial charge in [0.05, 0.1) is 0 Å². The third-order valence-corrected chi connectivity index (χ3v) is 12.4. The standard InChI is InChI=1S/C52H100O6/c1-6-9-10-11-12-13-14-15-16-17-22-29-34-39-44-52(55)58-49(46-57-51(54)43-38-33-28-24-23-26-31-36-41-48(5)8-3)45-56-50(53)42-37-32-27-21-19-18-20-25-30-35-40-47(4)7-2/h47-49H,6-46H2,1-5H3/t47?,48?,49-/m0/s1. The normalized spacial score (nSPS) is 13.0. The van der Waals surface area contributed by atoms with Crippen molar-refractivity contribution in [2.75, 3.05) is 13.2 Å². The van der Waals surface area contributed by atoms with E-state index in [2.05, 4.69) is 34.6 Å². The van der Waals surface area contributed by atoms with Crippen LogP contribution in [0.15, 0.2) is 0 Å². The summed E-state index contributed by atoms with van der Waals surface area (Å²) in [5.74, 6) is 0.868. The summed E-state index contributed by atoms with van der Waals surface area (Å²) in [4.78, 5) is 37.9. The summed E-state index contributed by atoms with van der Waals surface area (Å²) < 4.78 is 16.8. The number of esters is 3. The Bertz CT molecular complexity index is 889. The predicted molar refractivity (Wildman–Crippen MR) is 247 cm³/mol. The Kier molecular flexibility index (Phi) is 43.7. The van der Waals surface area contributed by atoms with Crippen LogP contribution in [-0.4, -0.2) is 37.2 Å². The lowest BCUT2D eigenvalue weighted by atomic mass is 9.99. The summed E-state index contributed by atoms with van der Waals surface area (Å²) in [5.41, 5.74) is 0. The van der Waals surface area contributed by atoms with Crippen molar-refractivity contribution in [1.82, 2.24) is 0 Å². The molecule has 0 aromatic carbocycles. The Labute approximate surface area is 361 Å². The average molecular weight is 821 g/mol. The maximum absolute atomic E-state index is 12.8. The van der Waals surface area contributed by atoms with Crippen LogP contribution >= 0.6 is 0 Å². The number of hydrogen-bond donors (Lipinski definition) is 0. The van der Waals surface area contributed by atoms with Crippen molar-refractivity contribution in [3.63, 3.8) is 0 Å². The maximum Gasteiger partial charge on any atom is 0.306 e. The van der Waals surface area contributed by atoms with Gasteiger partial charge in [-0.25, -0.2) is 0 Å². The molecule has 2 unspecified atom stereocenters. The fraction of sp³-hybridized carbons (Fsp3) is 0.942. The monoisotopic (exact) mass is 821 g/mol. The van der Waals surface area contributed by atoms with Gasteiger partial charge in [0.2, 0.25) is 0 Å². The number of rotatable bonds is 46. The van der Waals surface area contributed by atoms with E-state index in [0.29, 0.717) is 19.3 Å². The SMILES string of the molecule is CCCCCCCCCCCCCCCCC(=O)O[C@@H](COC(=O)CCCCCCCCCCCCC(C)CC)COC(=O)CCCCCCCCCCC(C)CC. The van der Waals surface area contributed by atoms with Gasteiger partial charge in [-0.1, -0.05) is 247 Å². The summed E-state index contributed by atoms with van der Waals surface area (Å²) in [7, 11) is 0. The van der Waals surface area contributed by atoms with Crippen molar-refractivity contribution in [2.24, 2.45) is 11.8 Å². The molecule has 0 fully saturated rings. The molecule has 0 radical (unpaired) electrons. The van der Waals surface area contributed by atoms with Gasteiger partial charge in [0.15, 0.2) is 6.10 Å². The number of hydrogen-bond acceptors (Lipinski definition) is 6. The van der Waals surface area contributed by atoms with Crippen LogP contribution in [0.4, 0.5) is 0 Å². The summed E-state index contributed by atoms with van der Waals surface area (Å²) in [6, 6.07) is 0. The number of carbonyl (C=O) groups is 3. The van der Waals surface area contributed by atoms with E-state index < -0.39 is 6.10 Å². The molecule has 0 saturated heterocycles. The molecule has 0 heterocycles. The van der Waals surface area contributed by atoms with E-state index in [1.807, 2.05) is 0 Å². The molecular weight excluding hydrogens is 721 g/mol. The van der Waals surface area contributed by atoms with E-state index in [1.165, 1.54) is 173 Å². The Morgan fingerprint density at radius 1 is 0.345 bits per heavy atom. The molecule has 0 bridgehead atoms. The molecule has 344 valence electrons. The lowest BCUT2D eigenvalue weighted by molar-refractivity contribution is -0.167. The highest BCUT2D eigenvalue weighted by atomic mass is 16.6. The van der Waals surface area contributed by atoms with Gasteiger partial charge in [-0.15, -0.1) is 0 Å². The van der Waals surface area contributed by atoms with Crippen LogP contribution in [0.3, 0.4) is 0 Å². The molecule has 0 aliphatic rings. The van der Waals surface area contributed by atoms with Gasteiger partial charge in [0.1, 0.15) is 13.2 Å². The minimum absolute atomic E-state index is 0.0642. The minimum atomic E-state index is -0.762. The second-order valence-corrected chi connectivity index (χ2v) is 18.3. The average Bonchev–Trinajstić information content (AvgIpc) is 3.22. The molecule has 0 aromatic heterocycles. The Hall–Kier alpha value is -1.59. The van der Waals surface area contributed by atoms with Crippen molar-refractivity contribution in [3.8, 4) is 0 Å². The quantitative estimate of drug-likeness (QED) is 0.0346. The van der Waals surface area contributed by atoms with E-state index in [4.69, 9.17) is 14.2 Å². The van der Waals surface area contributed by atoms with Crippen LogP contribution in [0.1, 0.15) is 285 Å². The van der Waals surface area contributed by atoms with Crippen LogP contribution in [-0.2, 0) is 28.6 Å². The molecule has 6 heteroatoms. The summed E-state index contributed by atoms with van der Waals surface area (Å²) in [5, 5.41) is 0. The van der Waals surface area contributed by atoms with Gasteiger partial charge in [-0.2, -0.15) is 0 Å². The van der Waals surface area contributed by atoms with Crippen LogP contribution in [0.5, 0.6) is 0 Å². The third-order valence-electron chi connectivity index (χ3n) is 12.4. The molecule has 58 heavy (non-hydrogen) atoms. The highest BCUT2D eigenvalue weighted by Gasteiger charge is 2.19. The number of unbranched alkanes of at least 4 members (excludes halogenated alkanes) is 29. The molecule has 0 saturated carbocycles. The van der Waals surface area contributed by atoms with Crippen molar-refractivity contribution in [3.05, 3.63) is 0 Å². The van der Waals surface area contributed by atoms with Crippen LogP contribution in [0.2, 0.25) is 0 Å². The molecule has 0 aliphatic carbocycles. The summed E-state index contributed by atoms with van der Waals surface area (Å²) in [6.45, 7) is 11.4. The van der Waals surface area contributed by atoms with E-state index in [9.17, 15) is 14.4 Å². The third kappa shape index (κ3) is 42.5. The number of ether oxygens (including phenoxy) is 3. The molecule has 0 spiro atoms. The highest BCUT2D eigenvalue weighted by Crippen LogP contribution is 2.18. The zero-order chi connectivity index (χ0) is 42.6. The second kappa shape index (κ2) is 44.9. The van der Waals surface area contributed by atoms with Crippen molar-refractivity contribution in [2.45, 2.75) is 291 Å². The molecule has 0 aliphatic heterocycles. The topological polar surface area (TPSA) is 78.9 Å². The largest absolute Gasteiger partial charge is 0.462 e. The molecule has 0 amide bonds. The fourth-order valence-electron chi connectivity index (χ4n) is 7.75. The smallest absolute Gasteiger partial charge is 0.306 e.